The van der Waals surface area contributed by atoms with E-state index in [1.807, 2.05) is 13.8 Å². The molecular weight excluding hydrogens is 320 g/mol. The third-order valence-electron chi connectivity index (χ3n) is 3.67. The molecule has 0 radical (unpaired) electrons. The first kappa shape index (κ1) is 15.3. The molecule has 2 N–H and O–H groups in total. The molecule has 120 valence electrons. The number of furan rings is 1. The van der Waals surface area contributed by atoms with Crippen molar-refractivity contribution in [1.29, 1.82) is 0 Å². The largest absolute Gasteiger partial charge is 0.475 e. The lowest BCUT2D eigenvalue weighted by molar-refractivity contribution is 0.0660. The van der Waals surface area contributed by atoms with Crippen molar-refractivity contribution >= 4 is 27.5 Å². The van der Waals surface area contributed by atoms with Crippen molar-refractivity contribution in [3.8, 4) is 0 Å². The SMILES string of the molecule is CCc1c(C)sc2[nH]c(=O)n(Cc3ccc(C(=O)O)o3)c(=O)c12. The van der Waals surface area contributed by atoms with Crippen molar-refractivity contribution in [2.45, 2.75) is 26.8 Å². The van der Waals surface area contributed by atoms with Gasteiger partial charge < -0.3 is 9.52 Å². The lowest BCUT2D eigenvalue weighted by Gasteiger charge is -2.03. The number of thiophene rings is 1. The second-order valence-corrected chi connectivity index (χ2v) is 6.31. The summed E-state index contributed by atoms with van der Waals surface area (Å²) in [5.74, 6) is -1.19. The highest BCUT2D eigenvalue weighted by Gasteiger charge is 2.17. The topological polar surface area (TPSA) is 105 Å². The summed E-state index contributed by atoms with van der Waals surface area (Å²) in [4.78, 5) is 40.0. The van der Waals surface area contributed by atoms with Gasteiger partial charge in [0, 0.05) is 4.88 Å². The molecule has 0 aliphatic rings. The highest BCUT2D eigenvalue weighted by Crippen LogP contribution is 2.26. The number of hydrogen-bond donors (Lipinski definition) is 2. The number of carboxylic acid groups (broad SMARTS) is 1. The summed E-state index contributed by atoms with van der Waals surface area (Å²) < 4.78 is 6.15. The van der Waals surface area contributed by atoms with Crippen LogP contribution in [0, 0.1) is 6.92 Å². The van der Waals surface area contributed by atoms with Crippen LogP contribution in [0.15, 0.2) is 26.1 Å². The highest BCUT2D eigenvalue weighted by molar-refractivity contribution is 7.18. The Labute approximate surface area is 133 Å². The van der Waals surface area contributed by atoms with E-state index in [1.54, 1.807) is 0 Å². The summed E-state index contributed by atoms with van der Waals surface area (Å²) in [5.41, 5.74) is -0.0106. The molecule has 0 saturated carbocycles. The zero-order valence-electron chi connectivity index (χ0n) is 12.5. The maximum absolute atomic E-state index is 12.7. The van der Waals surface area contributed by atoms with Crippen LogP contribution in [0.25, 0.3) is 10.2 Å². The van der Waals surface area contributed by atoms with E-state index in [2.05, 4.69) is 4.98 Å². The molecule has 0 aromatic carbocycles. The van der Waals surface area contributed by atoms with Crippen molar-refractivity contribution in [3.05, 3.63) is 54.9 Å². The Morgan fingerprint density at radius 1 is 1.39 bits per heavy atom. The number of aromatic nitrogens is 2. The van der Waals surface area contributed by atoms with Crippen LogP contribution in [0.4, 0.5) is 0 Å². The lowest BCUT2D eigenvalue weighted by atomic mass is 10.1. The summed E-state index contributed by atoms with van der Waals surface area (Å²) >= 11 is 1.38. The van der Waals surface area contributed by atoms with E-state index in [-0.39, 0.29) is 18.1 Å². The van der Waals surface area contributed by atoms with Gasteiger partial charge in [-0.2, -0.15) is 0 Å². The molecular formula is C15H14N2O5S. The Morgan fingerprint density at radius 3 is 2.74 bits per heavy atom. The average molecular weight is 334 g/mol. The molecule has 0 amide bonds. The fraction of sp³-hybridized carbons (Fsp3) is 0.267. The maximum atomic E-state index is 12.7. The van der Waals surface area contributed by atoms with Crippen LogP contribution in [-0.4, -0.2) is 20.6 Å². The van der Waals surface area contributed by atoms with Crippen molar-refractivity contribution in [1.82, 2.24) is 9.55 Å². The van der Waals surface area contributed by atoms with Crippen LogP contribution in [0.2, 0.25) is 0 Å². The number of aromatic carboxylic acids is 1. The fourth-order valence-electron chi connectivity index (χ4n) is 2.59. The van der Waals surface area contributed by atoms with E-state index in [1.165, 1.54) is 23.5 Å². The summed E-state index contributed by atoms with van der Waals surface area (Å²) in [5, 5.41) is 9.37. The summed E-state index contributed by atoms with van der Waals surface area (Å²) in [6.45, 7) is 3.75. The third-order valence-corrected chi connectivity index (χ3v) is 4.74. The molecule has 7 nitrogen and oxygen atoms in total. The zero-order chi connectivity index (χ0) is 16.7. The van der Waals surface area contributed by atoms with Gasteiger partial charge in [-0.15, -0.1) is 11.3 Å². The first-order valence-electron chi connectivity index (χ1n) is 6.99. The molecule has 3 heterocycles. The highest BCUT2D eigenvalue weighted by atomic mass is 32.1. The molecule has 0 aliphatic heterocycles. The average Bonchev–Trinajstić information content (AvgIpc) is 3.07. The van der Waals surface area contributed by atoms with Crippen LogP contribution in [0.1, 0.15) is 33.7 Å². The number of carbonyl (C=O) groups is 1. The lowest BCUT2D eigenvalue weighted by Crippen LogP contribution is -2.35. The van der Waals surface area contributed by atoms with Gasteiger partial charge in [-0.3, -0.25) is 14.3 Å². The first-order chi connectivity index (χ1) is 10.9. The van der Waals surface area contributed by atoms with Gasteiger partial charge in [0.15, 0.2) is 0 Å². The molecule has 0 saturated heterocycles. The van der Waals surface area contributed by atoms with Crippen LogP contribution in [-0.2, 0) is 13.0 Å². The number of hydrogen-bond acceptors (Lipinski definition) is 5. The summed E-state index contributed by atoms with van der Waals surface area (Å²) in [7, 11) is 0. The van der Waals surface area contributed by atoms with E-state index < -0.39 is 17.2 Å². The number of fused-ring (bicyclic) bond motifs is 1. The van der Waals surface area contributed by atoms with Crippen molar-refractivity contribution in [2.75, 3.05) is 0 Å². The summed E-state index contributed by atoms with van der Waals surface area (Å²) in [6, 6.07) is 2.74. The van der Waals surface area contributed by atoms with E-state index in [0.29, 0.717) is 16.6 Å². The predicted molar refractivity (Wildman–Crippen MR) is 85.6 cm³/mol. The van der Waals surface area contributed by atoms with E-state index in [9.17, 15) is 14.4 Å². The number of nitrogens with one attached hydrogen (secondary N) is 1. The predicted octanol–water partition coefficient (Wildman–Crippen LogP) is 1.96. The Bertz CT molecular complexity index is 1020. The second kappa shape index (κ2) is 5.54. The molecule has 0 unspecified atom stereocenters. The fourth-order valence-corrected chi connectivity index (χ4v) is 3.71. The Morgan fingerprint density at radius 2 is 2.13 bits per heavy atom. The van der Waals surface area contributed by atoms with Crippen molar-refractivity contribution in [3.63, 3.8) is 0 Å². The van der Waals surface area contributed by atoms with Gasteiger partial charge in [-0.25, -0.2) is 9.59 Å². The number of aryl methyl sites for hydroxylation is 2. The molecule has 23 heavy (non-hydrogen) atoms. The molecule has 8 heteroatoms. The van der Waals surface area contributed by atoms with Gasteiger partial charge in [0.1, 0.15) is 10.6 Å². The van der Waals surface area contributed by atoms with Crippen LogP contribution in [0.3, 0.4) is 0 Å². The smallest absolute Gasteiger partial charge is 0.371 e. The first-order valence-corrected chi connectivity index (χ1v) is 7.81. The van der Waals surface area contributed by atoms with Gasteiger partial charge in [0.05, 0.1) is 11.9 Å². The second-order valence-electron chi connectivity index (χ2n) is 5.09. The Hall–Kier alpha value is -2.61. The monoisotopic (exact) mass is 334 g/mol. The number of nitrogens with zero attached hydrogens (tertiary/aromatic N) is 1. The van der Waals surface area contributed by atoms with Crippen LogP contribution < -0.4 is 11.2 Å². The standard InChI is InChI=1S/C15H14N2O5S/c1-3-9-7(2)23-12-11(9)13(18)17(15(21)16-12)6-8-4-5-10(22-8)14(19)20/h4-5H,3,6H2,1-2H3,(H,16,21)(H,19,20). The Kier molecular flexibility index (Phi) is 3.69. The molecule has 0 aliphatic carbocycles. The molecule has 0 atom stereocenters. The minimum absolute atomic E-state index is 0.116. The maximum Gasteiger partial charge on any atom is 0.371 e. The van der Waals surface area contributed by atoms with Crippen LogP contribution >= 0.6 is 11.3 Å². The molecule has 3 aromatic rings. The minimum atomic E-state index is -1.20. The Balaban J connectivity index is 2.15. The normalized spacial score (nSPS) is 11.2. The van der Waals surface area contributed by atoms with Gasteiger partial charge >= 0.3 is 11.7 Å². The van der Waals surface area contributed by atoms with E-state index in [4.69, 9.17) is 9.52 Å². The zero-order valence-corrected chi connectivity index (χ0v) is 13.3. The molecule has 3 aromatic heterocycles. The molecule has 0 bridgehead atoms. The minimum Gasteiger partial charge on any atom is -0.475 e. The van der Waals surface area contributed by atoms with E-state index >= 15 is 0 Å². The molecule has 3 rings (SSSR count). The summed E-state index contributed by atoms with van der Waals surface area (Å²) in [6.07, 6.45) is 0.691. The number of carboxylic acids is 1. The van der Waals surface area contributed by atoms with Gasteiger partial charge in [0.25, 0.3) is 5.56 Å². The quantitative estimate of drug-likeness (QED) is 0.759. The van der Waals surface area contributed by atoms with Gasteiger partial charge in [-0.1, -0.05) is 6.92 Å². The molecule has 0 fully saturated rings. The molecule has 0 spiro atoms. The van der Waals surface area contributed by atoms with Crippen molar-refractivity contribution in [2.24, 2.45) is 0 Å². The van der Waals surface area contributed by atoms with Crippen LogP contribution in [0.5, 0.6) is 0 Å². The van der Waals surface area contributed by atoms with Crippen molar-refractivity contribution < 1.29 is 14.3 Å². The van der Waals surface area contributed by atoms with Gasteiger partial charge in [-0.05, 0) is 31.0 Å². The third kappa shape index (κ3) is 2.50. The number of H-pyrrole nitrogens is 1. The van der Waals surface area contributed by atoms with E-state index in [0.717, 1.165) is 15.0 Å². The number of rotatable bonds is 4. The number of aromatic amines is 1. The van der Waals surface area contributed by atoms with Gasteiger partial charge in [0.2, 0.25) is 5.76 Å².